The Kier molecular flexibility index (Phi) is 3.04. The SMILES string of the molecule is Cc1ccc(Cl)cc1N1CC(=O)NC(C)(C)C1. The topological polar surface area (TPSA) is 32.3 Å². The molecule has 0 bridgehead atoms. The van der Waals surface area contributed by atoms with E-state index >= 15 is 0 Å². The van der Waals surface area contributed by atoms with Crippen molar-refractivity contribution in [2.24, 2.45) is 0 Å². The Bertz CT molecular complexity index is 457. The van der Waals surface area contributed by atoms with Crippen molar-refractivity contribution in [2.45, 2.75) is 26.3 Å². The molecule has 0 spiro atoms. The summed E-state index contributed by atoms with van der Waals surface area (Å²) in [6.45, 7) is 7.27. The summed E-state index contributed by atoms with van der Waals surface area (Å²) in [6, 6.07) is 5.78. The van der Waals surface area contributed by atoms with Crippen molar-refractivity contribution in [1.29, 1.82) is 0 Å². The third-order valence-electron chi connectivity index (χ3n) is 2.91. The molecule has 0 atom stereocenters. The van der Waals surface area contributed by atoms with Gasteiger partial charge in [0.2, 0.25) is 5.91 Å². The van der Waals surface area contributed by atoms with Gasteiger partial charge >= 0.3 is 0 Å². The number of hydrogen-bond donors (Lipinski definition) is 1. The van der Waals surface area contributed by atoms with Gasteiger partial charge in [-0.25, -0.2) is 0 Å². The van der Waals surface area contributed by atoms with Crippen molar-refractivity contribution < 1.29 is 4.79 Å². The molecule has 0 unspecified atom stereocenters. The quantitative estimate of drug-likeness (QED) is 0.832. The van der Waals surface area contributed by atoms with Crippen LogP contribution in [0.2, 0.25) is 5.02 Å². The van der Waals surface area contributed by atoms with Crippen LogP contribution in [-0.2, 0) is 4.79 Å². The highest BCUT2D eigenvalue weighted by Gasteiger charge is 2.31. The van der Waals surface area contributed by atoms with Gasteiger partial charge in [-0.2, -0.15) is 0 Å². The van der Waals surface area contributed by atoms with Crippen LogP contribution in [0.5, 0.6) is 0 Å². The smallest absolute Gasteiger partial charge is 0.239 e. The number of nitrogens with one attached hydrogen (secondary N) is 1. The van der Waals surface area contributed by atoms with Gasteiger partial charge in [-0.05, 0) is 38.5 Å². The van der Waals surface area contributed by atoms with Crippen molar-refractivity contribution >= 4 is 23.2 Å². The van der Waals surface area contributed by atoms with Crippen LogP contribution in [0.4, 0.5) is 5.69 Å². The van der Waals surface area contributed by atoms with E-state index in [2.05, 4.69) is 10.2 Å². The number of aryl methyl sites for hydroxylation is 1. The second-order valence-electron chi connectivity index (χ2n) is 5.22. The third-order valence-corrected chi connectivity index (χ3v) is 3.15. The van der Waals surface area contributed by atoms with Crippen molar-refractivity contribution in [3.63, 3.8) is 0 Å². The summed E-state index contributed by atoms with van der Waals surface area (Å²) in [5.74, 6) is 0.0561. The highest BCUT2D eigenvalue weighted by Crippen LogP contribution is 2.26. The van der Waals surface area contributed by atoms with Crippen LogP contribution in [0.3, 0.4) is 0 Å². The van der Waals surface area contributed by atoms with Gasteiger partial charge in [-0.1, -0.05) is 17.7 Å². The minimum atomic E-state index is -0.204. The second-order valence-corrected chi connectivity index (χ2v) is 5.66. The first-order valence-corrected chi connectivity index (χ1v) is 6.07. The normalized spacial score (nSPS) is 19.1. The Labute approximate surface area is 107 Å². The fourth-order valence-electron chi connectivity index (χ4n) is 2.26. The van der Waals surface area contributed by atoms with Crippen LogP contribution in [0.1, 0.15) is 19.4 Å². The monoisotopic (exact) mass is 252 g/mol. The van der Waals surface area contributed by atoms with Gasteiger partial charge in [0.25, 0.3) is 0 Å². The lowest BCUT2D eigenvalue weighted by Gasteiger charge is -2.40. The third kappa shape index (κ3) is 2.72. The predicted octanol–water partition coefficient (Wildman–Crippen LogP) is 2.36. The Morgan fingerprint density at radius 2 is 2.12 bits per heavy atom. The molecule has 1 aromatic carbocycles. The van der Waals surface area contributed by atoms with Crippen LogP contribution < -0.4 is 10.2 Å². The molecular weight excluding hydrogens is 236 g/mol. The zero-order chi connectivity index (χ0) is 12.6. The maximum Gasteiger partial charge on any atom is 0.239 e. The molecule has 4 heteroatoms. The molecule has 1 heterocycles. The Balaban J connectivity index is 2.33. The Hall–Kier alpha value is -1.22. The van der Waals surface area contributed by atoms with E-state index in [0.717, 1.165) is 17.8 Å². The van der Waals surface area contributed by atoms with E-state index in [1.807, 2.05) is 39.0 Å². The Morgan fingerprint density at radius 1 is 1.41 bits per heavy atom. The summed E-state index contributed by atoms with van der Waals surface area (Å²) in [5, 5.41) is 3.68. The molecule has 1 fully saturated rings. The summed E-state index contributed by atoms with van der Waals surface area (Å²) >= 11 is 6.02. The number of anilines is 1. The second kappa shape index (κ2) is 4.22. The molecule has 92 valence electrons. The number of benzene rings is 1. The molecule has 17 heavy (non-hydrogen) atoms. The maximum atomic E-state index is 11.7. The number of halogens is 1. The fourth-order valence-corrected chi connectivity index (χ4v) is 2.42. The van der Waals surface area contributed by atoms with Crippen LogP contribution in [0.15, 0.2) is 18.2 Å². The van der Waals surface area contributed by atoms with Gasteiger partial charge in [-0.3, -0.25) is 4.79 Å². The van der Waals surface area contributed by atoms with E-state index in [9.17, 15) is 4.79 Å². The van der Waals surface area contributed by atoms with E-state index in [0.29, 0.717) is 11.6 Å². The molecule has 1 N–H and O–H groups in total. The van der Waals surface area contributed by atoms with Gasteiger partial charge in [0.1, 0.15) is 0 Å². The number of piperazine rings is 1. The van der Waals surface area contributed by atoms with E-state index in [1.54, 1.807) is 0 Å². The summed E-state index contributed by atoms with van der Waals surface area (Å²) in [5.41, 5.74) is 1.98. The molecule has 0 radical (unpaired) electrons. The van der Waals surface area contributed by atoms with Crippen LogP contribution in [0.25, 0.3) is 0 Å². The van der Waals surface area contributed by atoms with Crippen molar-refractivity contribution in [3.05, 3.63) is 28.8 Å². The number of amides is 1. The molecule has 0 aliphatic carbocycles. The molecule has 3 nitrogen and oxygen atoms in total. The first-order chi connectivity index (χ1) is 7.87. The van der Waals surface area contributed by atoms with Crippen molar-refractivity contribution in [1.82, 2.24) is 5.32 Å². The molecule has 0 saturated carbocycles. The Morgan fingerprint density at radius 3 is 2.76 bits per heavy atom. The van der Waals surface area contributed by atoms with Crippen molar-refractivity contribution in [3.8, 4) is 0 Å². The average molecular weight is 253 g/mol. The van der Waals surface area contributed by atoms with Gasteiger partial charge in [0.05, 0.1) is 12.1 Å². The van der Waals surface area contributed by atoms with E-state index in [4.69, 9.17) is 11.6 Å². The molecule has 0 aromatic heterocycles. The molecular formula is C13H17ClN2O. The number of nitrogens with zero attached hydrogens (tertiary/aromatic N) is 1. The lowest BCUT2D eigenvalue weighted by molar-refractivity contribution is -0.122. The van der Waals surface area contributed by atoms with Crippen molar-refractivity contribution in [2.75, 3.05) is 18.0 Å². The molecule has 1 aromatic rings. The van der Waals surface area contributed by atoms with Crippen LogP contribution in [-0.4, -0.2) is 24.5 Å². The summed E-state index contributed by atoms with van der Waals surface area (Å²) in [4.78, 5) is 13.8. The number of carbonyl (C=O) groups excluding carboxylic acids is 1. The van der Waals surface area contributed by atoms with Gasteiger partial charge in [-0.15, -0.1) is 0 Å². The van der Waals surface area contributed by atoms with Gasteiger partial charge in [0, 0.05) is 17.3 Å². The van der Waals surface area contributed by atoms with E-state index in [-0.39, 0.29) is 11.4 Å². The van der Waals surface area contributed by atoms with Gasteiger partial charge in [0.15, 0.2) is 0 Å². The number of carbonyl (C=O) groups is 1. The number of hydrogen-bond acceptors (Lipinski definition) is 2. The number of rotatable bonds is 1. The lowest BCUT2D eigenvalue weighted by atomic mass is 10.0. The van der Waals surface area contributed by atoms with Gasteiger partial charge < -0.3 is 10.2 Å². The van der Waals surface area contributed by atoms with Crippen LogP contribution >= 0.6 is 11.6 Å². The van der Waals surface area contributed by atoms with E-state index < -0.39 is 0 Å². The highest BCUT2D eigenvalue weighted by atomic mass is 35.5. The zero-order valence-electron chi connectivity index (χ0n) is 10.4. The summed E-state index contributed by atoms with van der Waals surface area (Å²) in [7, 11) is 0. The first kappa shape index (κ1) is 12.2. The maximum absolute atomic E-state index is 11.7. The lowest BCUT2D eigenvalue weighted by Crippen LogP contribution is -2.60. The average Bonchev–Trinajstić information content (AvgIpc) is 2.18. The summed E-state index contributed by atoms with van der Waals surface area (Å²) in [6.07, 6.45) is 0. The fraction of sp³-hybridized carbons (Fsp3) is 0.462. The first-order valence-electron chi connectivity index (χ1n) is 5.69. The van der Waals surface area contributed by atoms with E-state index in [1.165, 1.54) is 0 Å². The molecule has 1 amide bonds. The van der Waals surface area contributed by atoms with Crippen LogP contribution in [0, 0.1) is 6.92 Å². The molecule has 1 aliphatic heterocycles. The minimum absolute atomic E-state index is 0.0561. The highest BCUT2D eigenvalue weighted by molar-refractivity contribution is 6.30. The minimum Gasteiger partial charge on any atom is -0.360 e. The standard InChI is InChI=1S/C13H17ClN2O/c1-9-4-5-10(14)6-11(9)16-7-12(17)15-13(2,3)8-16/h4-6H,7-8H2,1-3H3,(H,15,17). The zero-order valence-corrected chi connectivity index (χ0v) is 11.1. The predicted molar refractivity (Wildman–Crippen MR) is 70.6 cm³/mol. The molecule has 1 aliphatic rings. The largest absolute Gasteiger partial charge is 0.360 e. The summed E-state index contributed by atoms with van der Waals surface area (Å²) < 4.78 is 0. The molecule has 1 saturated heterocycles. The molecule has 2 rings (SSSR count).